The van der Waals surface area contributed by atoms with Crippen LogP contribution in [0.1, 0.15) is 5.69 Å². The van der Waals surface area contributed by atoms with Crippen molar-refractivity contribution < 1.29 is 9.53 Å². The molecule has 0 radical (unpaired) electrons. The van der Waals surface area contributed by atoms with Crippen LogP contribution in [0.5, 0.6) is 5.88 Å². The van der Waals surface area contributed by atoms with Gasteiger partial charge in [0.2, 0.25) is 11.8 Å². The van der Waals surface area contributed by atoms with Gasteiger partial charge < -0.3 is 9.64 Å². The van der Waals surface area contributed by atoms with Crippen LogP contribution in [0.2, 0.25) is 0 Å². The Kier molecular flexibility index (Phi) is 3.74. The molecule has 112 valence electrons. The van der Waals surface area contributed by atoms with E-state index in [9.17, 15) is 4.79 Å². The average molecular weight is 296 g/mol. The van der Waals surface area contributed by atoms with Crippen molar-refractivity contribution in [3.8, 4) is 5.88 Å². The summed E-state index contributed by atoms with van der Waals surface area (Å²) in [5, 5.41) is 8.11. The van der Waals surface area contributed by atoms with Crippen molar-refractivity contribution in [3.05, 3.63) is 48.3 Å². The first kappa shape index (κ1) is 14.1. The lowest BCUT2D eigenvalue weighted by molar-refractivity contribution is -0.117. The first-order valence-corrected chi connectivity index (χ1v) is 6.87. The minimum atomic E-state index is -0.0404. The van der Waals surface area contributed by atoms with E-state index >= 15 is 0 Å². The van der Waals surface area contributed by atoms with Crippen molar-refractivity contribution in [1.29, 1.82) is 0 Å². The number of anilines is 1. The van der Waals surface area contributed by atoms with Crippen molar-refractivity contribution in [2.45, 2.75) is 6.42 Å². The lowest BCUT2D eigenvalue weighted by Crippen LogP contribution is -2.28. The quantitative estimate of drug-likeness (QED) is 0.801. The van der Waals surface area contributed by atoms with Gasteiger partial charge >= 0.3 is 0 Å². The van der Waals surface area contributed by atoms with Gasteiger partial charge in [-0.2, -0.15) is 5.10 Å². The molecule has 1 amide bonds. The largest absolute Gasteiger partial charge is 0.481 e. The molecule has 0 aliphatic rings. The number of aromatic amines is 1. The number of methoxy groups -OCH3 is 1. The molecule has 0 saturated heterocycles. The van der Waals surface area contributed by atoms with E-state index in [2.05, 4.69) is 15.2 Å². The number of rotatable bonds is 4. The molecule has 0 spiro atoms. The smallest absolute Gasteiger partial charge is 0.232 e. The Labute approximate surface area is 127 Å². The molecular weight excluding hydrogens is 280 g/mol. The monoisotopic (exact) mass is 296 g/mol. The number of fused-ring (bicyclic) bond motifs is 1. The normalized spacial score (nSPS) is 10.6. The second kappa shape index (κ2) is 5.85. The van der Waals surface area contributed by atoms with Crippen LogP contribution in [0, 0.1) is 0 Å². The Morgan fingerprint density at radius 2 is 2.09 bits per heavy atom. The number of aromatic nitrogens is 3. The first-order valence-electron chi connectivity index (χ1n) is 6.87. The molecule has 0 atom stereocenters. The van der Waals surface area contributed by atoms with Gasteiger partial charge in [0.15, 0.2) is 0 Å². The fourth-order valence-electron chi connectivity index (χ4n) is 2.25. The van der Waals surface area contributed by atoms with Gasteiger partial charge in [0.25, 0.3) is 0 Å². The number of hydrogen-bond donors (Lipinski definition) is 1. The highest BCUT2D eigenvalue weighted by atomic mass is 16.5. The Hall–Kier alpha value is -2.89. The SMILES string of the molecule is COc1ccc(N(C)C(=O)Cc2[nH]nc3ccccc23)cn1. The van der Waals surface area contributed by atoms with Crippen LogP contribution in [-0.4, -0.2) is 35.2 Å². The van der Waals surface area contributed by atoms with Crippen LogP contribution in [0.3, 0.4) is 0 Å². The summed E-state index contributed by atoms with van der Waals surface area (Å²) in [6.07, 6.45) is 1.87. The predicted molar refractivity (Wildman–Crippen MR) is 84.0 cm³/mol. The Morgan fingerprint density at radius 1 is 1.27 bits per heavy atom. The van der Waals surface area contributed by atoms with Gasteiger partial charge in [-0.05, 0) is 12.1 Å². The number of carbonyl (C=O) groups excluding carboxylic acids is 1. The fourth-order valence-corrected chi connectivity index (χ4v) is 2.25. The lowest BCUT2D eigenvalue weighted by Gasteiger charge is -2.16. The van der Waals surface area contributed by atoms with Gasteiger partial charge in [-0.3, -0.25) is 9.89 Å². The molecule has 0 aliphatic heterocycles. The average Bonchev–Trinajstić information content (AvgIpc) is 2.97. The number of nitrogens with one attached hydrogen (secondary N) is 1. The van der Waals surface area contributed by atoms with Crippen LogP contribution < -0.4 is 9.64 Å². The van der Waals surface area contributed by atoms with Gasteiger partial charge in [0.1, 0.15) is 0 Å². The van der Waals surface area contributed by atoms with E-state index in [1.807, 2.05) is 24.3 Å². The summed E-state index contributed by atoms with van der Waals surface area (Å²) in [4.78, 5) is 18.1. The van der Waals surface area contributed by atoms with Gasteiger partial charge in [0.05, 0.1) is 36.6 Å². The van der Waals surface area contributed by atoms with E-state index in [1.54, 1.807) is 37.4 Å². The minimum Gasteiger partial charge on any atom is -0.481 e. The molecule has 0 unspecified atom stereocenters. The maximum atomic E-state index is 12.4. The molecule has 2 heterocycles. The number of carbonyl (C=O) groups is 1. The standard InChI is InChI=1S/C16H16N4O2/c1-20(11-7-8-15(22-2)17-10-11)16(21)9-14-12-5-3-4-6-13(12)18-19-14/h3-8,10H,9H2,1-2H3,(H,18,19). The summed E-state index contributed by atoms with van der Waals surface area (Å²) in [5.41, 5.74) is 2.39. The highest BCUT2D eigenvalue weighted by molar-refractivity contribution is 5.96. The molecule has 0 bridgehead atoms. The van der Waals surface area contributed by atoms with Crippen LogP contribution in [-0.2, 0) is 11.2 Å². The number of H-pyrrole nitrogens is 1. The van der Waals surface area contributed by atoms with Crippen molar-refractivity contribution in [2.75, 3.05) is 19.1 Å². The van der Waals surface area contributed by atoms with E-state index in [0.717, 1.165) is 22.3 Å². The summed E-state index contributed by atoms with van der Waals surface area (Å²) in [6.45, 7) is 0. The Bertz CT molecular complexity index is 795. The van der Waals surface area contributed by atoms with E-state index in [1.165, 1.54) is 0 Å². The number of pyridine rings is 1. The topological polar surface area (TPSA) is 71.1 Å². The number of nitrogens with zero attached hydrogens (tertiary/aromatic N) is 3. The van der Waals surface area contributed by atoms with E-state index < -0.39 is 0 Å². The lowest BCUT2D eigenvalue weighted by atomic mass is 10.1. The van der Waals surface area contributed by atoms with Gasteiger partial charge in [-0.1, -0.05) is 18.2 Å². The van der Waals surface area contributed by atoms with Crippen molar-refractivity contribution in [1.82, 2.24) is 15.2 Å². The number of likely N-dealkylation sites (N-methyl/N-ethyl adjacent to an activating group) is 1. The van der Waals surface area contributed by atoms with Gasteiger partial charge in [-0.25, -0.2) is 4.98 Å². The Balaban J connectivity index is 1.78. The number of ether oxygens (including phenoxy) is 1. The fraction of sp³-hybridized carbons (Fsp3) is 0.188. The Morgan fingerprint density at radius 3 is 2.82 bits per heavy atom. The molecule has 3 rings (SSSR count). The zero-order chi connectivity index (χ0) is 15.5. The molecule has 6 heteroatoms. The van der Waals surface area contributed by atoms with Crippen LogP contribution in [0.4, 0.5) is 5.69 Å². The third-order valence-electron chi connectivity index (χ3n) is 3.56. The second-order valence-corrected chi connectivity index (χ2v) is 4.91. The van der Waals surface area contributed by atoms with Crippen LogP contribution in [0.15, 0.2) is 42.6 Å². The number of amides is 1. The maximum absolute atomic E-state index is 12.4. The number of hydrogen-bond acceptors (Lipinski definition) is 4. The maximum Gasteiger partial charge on any atom is 0.232 e. The molecule has 2 aromatic heterocycles. The molecule has 22 heavy (non-hydrogen) atoms. The first-order chi connectivity index (χ1) is 10.7. The summed E-state index contributed by atoms with van der Waals surface area (Å²) < 4.78 is 5.02. The zero-order valence-corrected chi connectivity index (χ0v) is 12.4. The molecule has 6 nitrogen and oxygen atoms in total. The molecule has 0 saturated carbocycles. The summed E-state index contributed by atoms with van der Waals surface area (Å²) in [7, 11) is 3.28. The van der Waals surface area contributed by atoms with Crippen LogP contribution >= 0.6 is 0 Å². The van der Waals surface area contributed by atoms with Crippen molar-refractivity contribution in [3.63, 3.8) is 0 Å². The molecule has 0 aliphatic carbocycles. The summed E-state index contributed by atoms with van der Waals surface area (Å²) >= 11 is 0. The van der Waals surface area contributed by atoms with Crippen LogP contribution in [0.25, 0.3) is 10.9 Å². The second-order valence-electron chi connectivity index (χ2n) is 4.91. The number of para-hydroxylation sites is 1. The predicted octanol–water partition coefficient (Wildman–Crippen LogP) is 2.17. The summed E-state index contributed by atoms with van der Waals surface area (Å²) in [5.74, 6) is 0.477. The molecule has 3 aromatic rings. The molecule has 1 N–H and O–H groups in total. The minimum absolute atomic E-state index is 0.0404. The van der Waals surface area contributed by atoms with Crippen molar-refractivity contribution >= 4 is 22.5 Å². The molecule has 1 aromatic carbocycles. The van der Waals surface area contributed by atoms with Gasteiger partial charge in [-0.15, -0.1) is 0 Å². The molecule has 0 fully saturated rings. The van der Waals surface area contributed by atoms with E-state index in [0.29, 0.717) is 5.88 Å². The highest BCUT2D eigenvalue weighted by Gasteiger charge is 2.15. The zero-order valence-electron chi connectivity index (χ0n) is 12.4. The van der Waals surface area contributed by atoms with E-state index in [-0.39, 0.29) is 12.3 Å². The third kappa shape index (κ3) is 2.63. The highest BCUT2D eigenvalue weighted by Crippen LogP contribution is 2.19. The summed E-state index contributed by atoms with van der Waals surface area (Å²) in [6, 6.07) is 11.2. The number of benzene rings is 1. The van der Waals surface area contributed by atoms with E-state index in [4.69, 9.17) is 4.74 Å². The molecular formula is C16H16N4O2. The van der Waals surface area contributed by atoms with Crippen molar-refractivity contribution in [2.24, 2.45) is 0 Å². The third-order valence-corrected chi connectivity index (χ3v) is 3.56. The van der Waals surface area contributed by atoms with Gasteiger partial charge in [0, 0.05) is 18.5 Å².